The number of anilines is 1. The summed E-state index contributed by atoms with van der Waals surface area (Å²) in [5.41, 5.74) is 9.42. The first-order valence-corrected chi connectivity index (χ1v) is 10.5. The van der Waals surface area contributed by atoms with Crippen molar-refractivity contribution in [2.75, 3.05) is 5.32 Å². The Morgan fingerprint density at radius 2 is 1.81 bits per heavy atom. The lowest BCUT2D eigenvalue weighted by molar-refractivity contribution is -0.116. The van der Waals surface area contributed by atoms with Crippen molar-refractivity contribution >= 4 is 34.6 Å². The lowest BCUT2D eigenvalue weighted by Crippen LogP contribution is -2.17. The minimum Gasteiger partial charge on any atom is -0.354 e. The third-order valence-corrected chi connectivity index (χ3v) is 5.77. The van der Waals surface area contributed by atoms with Crippen LogP contribution in [0.3, 0.4) is 0 Å². The number of hydrazone groups is 1. The molecule has 3 aromatic carbocycles. The first-order valence-electron chi connectivity index (χ1n) is 10.5. The molecule has 2 amide bonds. The highest BCUT2D eigenvalue weighted by Crippen LogP contribution is 2.34. The molecule has 0 saturated heterocycles. The number of H-pyrrole nitrogens is 1. The quantitative estimate of drug-likeness (QED) is 0.432. The van der Waals surface area contributed by atoms with E-state index in [1.807, 2.05) is 67.6 Å². The lowest BCUT2D eigenvalue weighted by Gasteiger charge is -2.09. The Morgan fingerprint density at radius 1 is 1.03 bits per heavy atom. The summed E-state index contributed by atoms with van der Waals surface area (Å²) in [6.07, 6.45) is 2.68. The second-order valence-electron chi connectivity index (χ2n) is 7.90. The molecule has 1 aliphatic heterocycles. The van der Waals surface area contributed by atoms with Crippen LogP contribution >= 0.6 is 0 Å². The average molecular weight is 422 g/mol. The molecule has 0 unspecified atom stereocenters. The van der Waals surface area contributed by atoms with Gasteiger partial charge in [-0.2, -0.15) is 5.10 Å². The van der Waals surface area contributed by atoms with E-state index in [-0.39, 0.29) is 11.8 Å². The highest BCUT2D eigenvalue weighted by Gasteiger charge is 2.22. The molecule has 0 spiro atoms. The molecule has 32 heavy (non-hydrogen) atoms. The monoisotopic (exact) mass is 422 g/mol. The molecule has 0 atom stereocenters. The highest BCUT2D eigenvalue weighted by molar-refractivity contribution is 6.18. The molecule has 0 fully saturated rings. The number of benzene rings is 3. The number of rotatable bonds is 5. The summed E-state index contributed by atoms with van der Waals surface area (Å²) in [5, 5.41) is 7.82. The van der Waals surface area contributed by atoms with Gasteiger partial charge in [-0.1, -0.05) is 54.6 Å². The van der Waals surface area contributed by atoms with E-state index in [0.717, 1.165) is 33.3 Å². The number of aromatic amines is 1. The molecule has 0 radical (unpaired) electrons. The molecule has 1 aromatic heterocycles. The molecule has 0 bridgehead atoms. The van der Waals surface area contributed by atoms with Gasteiger partial charge in [-0.15, -0.1) is 0 Å². The van der Waals surface area contributed by atoms with E-state index in [1.165, 1.54) is 5.56 Å². The molecule has 6 heteroatoms. The number of hydrogen-bond donors (Lipinski definition) is 3. The number of hydrogen-bond acceptors (Lipinski definition) is 3. The minimum absolute atomic E-state index is 0.0971. The van der Waals surface area contributed by atoms with Crippen LogP contribution in [0.1, 0.15) is 33.5 Å². The summed E-state index contributed by atoms with van der Waals surface area (Å²) < 4.78 is 0. The van der Waals surface area contributed by atoms with Gasteiger partial charge in [0, 0.05) is 28.6 Å². The Morgan fingerprint density at radius 3 is 2.62 bits per heavy atom. The number of amides is 2. The number of nitrogens with zero attached hydrogens (tertiary/aromatic N) is 1. The maximum Gasteiger partial charge on any atom is 0.272 e. The molecule has 158 valence electrons. The number of carbonyl (C=O) groups is 2. The molecule has 1 aliphatic rings. The lowest BCUT2D eigenvalue weighted by atomic mass is 10.0. The Kier molecular flexibility index (Phi) is 5.03. The van der Waals surface area contributed by atoms with E-state index in [4.69, 9.17) is 0 Å². The van der Waals surface area contributed by atoms with Gasteiger partial charge in [0.1, 0.15) is 0 Å². The van der Waals surface area contributed by atoms with Gasteiger partial charge >= 0.3 is 0 Å². The fraction of sp³-hybridized carbons (Fsp3) is 0.115. The molecule has 2 heterocycles. The fourth-order valence-corrected chi connectivity index (χ4v) is 4.15. The van der Waals surface area contributed by atoms with Crippen LogP contribution in [0.4, 0.5) is 5.69 Å². The smallest absolute Gasteiger partial charge is 0.272 e. The summed E-state index contributed by atoms with van der Waals surface area (Å²) in [6, 6.07) is 21.5. The second-order valence-corrected chi connectivity index (χ2v) is 7.90. The molecule has 5 rings (SSSR count). The van der Waals surface area contributed by atoms with Gasteiger partial charge in [-0.25, -0.2) is 5.43 Å². The van der Waals surface area contributed by atoms with E-state index in [1.54, 1.807) is 12.3 Å². The summed E-state index contributed by atoms with van der Waals surface area (Å²) in [6.45, 7) is 2.04. The zero-order valence-electron chi connectivity index (χ0n) is 17.6. The zero-order chi connectivity index (χ0) is 22.1. The molecule has 0 aliphatic carbocycles. The molecule has 6 nitrogen and oxygen atoms in total. The van der Waals surface area contributed by atoms with Crippen molar-refractivity contribution in [1.29, 1.82) is 0 Å². The number of aryl methyl sites for hydroxylation is 2. The minimum atomic E-state index is -0.306. The van der Waals surface area contributed by atoms with Gasteiger partial charge in [0.15, 0.2) is 0 Å². The number of carbonyl (C=O) groups excluding carboxylic acids is 2. The first kappa shape index (κ1) is 19.8. The predicted molar refractivity (Wildman–Crippen MR) is 127 cm³/mol. The Labute approximate surface area is 185 Å². The largest absolute Gasteiger partial charge is 0.354 e. The van der Waals surface area contributed by atoms with E-state index < -0.39 is 0 Å². The molecular formula is C26H22N4O2. The summed E-state index contributed by atoms with van der Waals surface area (Å²) in [7, 11) is 0. The molecular weight excluding hydrogens is 400 g/mol. The predicted octanol–water partition coefficient (Wildman–Crippen LogP) is 4.79. The van der Waals surface area contributed by atoms with Gasteiger partial charge in [0.25, 0.3) is 5.91 Å². The van der Waals surface area contributed by atoms with Gasteiger partial charge in [-0.3, -0.25) is 9.59 Å². The zero-order valence-corrected chi connectivity index (χ0v) is 17.6. The van der Waals surface area contributed by atoms with Crippen molar-refractivity contribution in [2.24, 2.45) is 5.10 Å². The Hall–Kier alpha value is -4.19. The standard InChI is InChI=1S/C26H22N4O2/c1-16-7-5-6-8-17(16)11-12-23(31)28-19-13-20-24-21(15-27-30-26(20)32)25(29-22(24)14-19)18-9-3-2-4-10-18/h2-10,13-15,29H,11-12H2,1H3,(H,28,31)(H,30,32). The van der Waals surface area contributed by atoms with Crippen LogP contribution in [-0.2, 0) is 11.2 Å². The average Bonchev–Trinajstić information content (AvgIpc) is 3.08. The van der Waals surface area contributed by atoms with Gasteiger partial charge in [0.05, 0.1) is 17.5 Å². The Balaban J connectivity index is 1.48. The van der Waals surface area contributed by atoms with Crippen LogP contribution in [0.5, 0.6) is 0 Å². The van der Waals surface area contributed by atoms with Crippen LogP contribution in [0, 0.1) is 6.92 Å². The summed E-state index contributed by atoms with van der Waals surface area (Å²) in [5.74, 6) is -0.403. The van der Waals surface area contributed by atoms with E-state index in [9.17, 15) is 9.59 Å². The van der Waals surface area contributed by atoms with E-state index >= 15 is 0 Å². The normalized spacial score (nSPS) is 12.5. The highest BCUT2D eigenvalue weighted by atomic mass is 16.2. The molecule has 0 saturated carbocycles. The van der Waals surface area contributed by atoms with Gasteiger partial charge < -0.3 is 10.3 Å². The van der Waals surface area contributed by atoms with Crippen molar-refractivity contribution in [3.63, 3.8) is 0 Å². The topological polar surface area (TPSA) is 86.3 Å². The van der Waals surface area contributed by atoms with Crippen LogP contribution in [-0.4, -0.2) is 23.0 Å². The van der Waals surface area contributed by atoms with Crippen molar-refractivity contribution < 1.29 is 9.59 Å². The molecule has 3 N–H and O–H groups in total. The van der Waals surface area contributed by atoms with E-state index in [0.29, 0.717) is 24.1 Å². The van der Waals surface area contributed by atoms with Crippen molar-refractivity contribution in [3.8, 4) is 11.3 Å². The van der Waals surface area contributed by atoms with Gasteiger partial charge in [-0.05, 0) is 42.2 Å². The van der Waals surface area contributed by atoms with Crippen molar-refractivity contribution in [3.05, 3.63) is 89.0 Å². The van der Waals surface area contributed by atoms with Crippen LogP contribution in [0.25, 0.3) is 22.2 Å². The SMILES string of the molecule is Cc1ccccc1CCC(=O)Nc1cc2c3c(c(-c4ccccc4)[nH]c3c1)C=NNC2=O. The summed E-state index contributed by atoms with van der Waals surface area (Å²) in [4.78, 5) is 28.7. The molecule has 4 aromatic rings. The van der Waals surface area contributed by atoms with E-state index in [2.05, 4.69) is 20.8 Å². The van der Waals surface area contributed by atoms with Gasteiger partial charge in [0.2, 0.25) is 5.91 Å². The first-order chi connectivity index (χ1) is 15.6. The maximum atomic E-state index is 12.7. The van der Waals surface area contributed by atoms with Crippen LogP contribution in [0.2, 0.25) is 0 Å². The number of nitrogens with one attached hydrogen (secondary N) is 3. The van der Waals surface area contributed by atoms with Crippen LogP contribution < -0.4 is 10.7 Å². The summed E-state index contributed by atoms with van der Waals surface area (Å²) >= 11 is 0. The number of aromatic nitrogens is 1. The second kappa shape index (κ2) is 8.15. The Bertz CT molecular complexity index is 1370. The van der Waals surface area contributed by atoms with Crippen molar-refractivity contribution in [2.45, 2.75) is 19.8 Å². The third-order valence-electron chi connectivity index (χ3n) is 5.77. The van der Waals surface area contributed by atoms with Crippen LogP contribution in [0.15, 0.2) is 71.8 Å². The third kappa shape index (κ3) is 3.67. The maximum absolute atomic E-state index is 12.7. The van der Waals surface area contributed by atoms with Crippen molar-refractivity contribution in [1.82, 2.24) is 10.4 Å². The fourth-order valence-electron chi connectivity index (χ4n) is 4.15.